The standard InChI is InChI=1S/C18H18F3N3O4/c1-28-8-7-22-15-6-5-13(10-16(15)24(26)27)17(25)23-11-12-3-2-4-14(9-12)18(19,20)21/h2-6,9-10,22H,7-8,11H2,1H3,(H,23,25). The summed E-state index contributed by atoms with van der Waals surface area (Å²) >= 11 is 0. The number of alkyl halides is 3. The largest absolute Gasteiger partial charge is 0.416 e. The molecule has 7 nitrogen and oxygen atoms in total. The minimum atomic E-state index is -4.48. The van der Waals surface area contributed by atoms with Crippen LogP contribution in [0, 0.1) is 10.1 Å². The number of carbonyl (C=O) groups is 1. The summed E-state index contributed by atoms with van der Waals surface area (Å²) in [6.07, 6.45) is -4.48. The maximum absolute atomic E-state index is 12.7. The van der Waals surface area contributed by atoms with Gasteiger partial charge in [-0.2, -0.15) is 13.2 Å². The van der Waals surface area contributed by atoms with Crippen molar-refractivity contribution in [1.29, 1.82) is 0 Å². The maximum Gasteiger partial charge on any atom is 0.416 e. The predicted octanol–water partition coefficient (Wildman–Crippen LogP) is 3.60. The number of carbonyl (C=O) groups excluding carboxylic acids is 1. The van der Waals surface area contributed by atoms with E-state index in [1.54, 1.807) is 0 Å². The van der Waals surface area contributed by atoms with E-state index in [9.17, 15) is 28.1 Å². The molecule has 0 aliphatic rings. The Bertz CT molecular complexity index is 856. The fourth-order valence-corrected chi connectivity index (χ4v) is 2.40. The minimum absolute atomic E-state index is 0.0240. The number of benzene rings is 2. The Hall–Kier alpha value is -3.14. The van der Waals surface area contributed by atoms with E-state index in [2.05, 4.69) is 10.6 Å². The molecule has 2 aromatic carbocycles. The molecule has 0 fully saturated rings. The van der Waals surface area contributed by atoms with Crippen molar-refractivity contribution in [1.82, 2.24) is 5.32 Å². The number of amides is 1. The molecule has 0 aliphatic heterocycles. The lowest BCUT2D eigenvalue weighted by Crippen LogP contribution is -2.23. The summed E-state index contributed by atoms with van der Waals surface area (Å²) in [5.74, 6) is -0.635. The molecule has 0 aromatic heterocycles. The van der Waals surface area contributed by atoms with E-state index in [1.807, 2.05) is 0 Å². The third-order valence-electron chi connectivity index (χ3n) is 3.79. The second kappa shape index (κ2) is 9.18. The van der Waals surface area contributed by atoms with E-state index < -0.39 is 22.6 Å². The monoisotopic (exact) mass is 397 g/mol. The van der Waals surface area contributed by atoms with Gasteiger partial charge in [-0.05, 0) is 29.8 Å². The first kappa shape index (κ1) is 21.2. The fraction of sp³-hybridized carbons (Fsp3) is 0.278. The lowest BCUT2D eigenvalue weighted by Gasteiger charge is -2.11. The average Bonchev–Trinajstić information content (AvgIpc) is 2.66. The van der Waals surface area contributed by atoms with Crippen LogP contribution in [0.4, 0.5) is 24.5 Å². The van der Waals surface area contributed by atoms with Crippen LogP contribution in [0.1, 0.15) is 21.5 Å². The van der Waals surface area contributed by atoms with Crippen LogP contribution < -0.4 is 10.6 Å². The van der Waals surface area contributed by atoms with Gasteiger partial charge in [-0.3, -0.25) is 14.9 Å². The number of halogens is 3. The van der Waals surface area contributed by atoms with E-state index in [0.717, 1.165) is 18.2 Å². The van der Waals surface area contributed by atoms with E-state index in [1.165, 1.54) is 31.4 Å². The summed E-state index contributed by atoms with van der Waals surface area (Å²) in [6, 6.07) is 8.46. The number of nitrogens with zero attached hydrogens (tertiary/aromatic N) is 1. The van der Waals surface area contributed by atoms with Crippen molar-refractivity contribution in [3.63, 3.8) is 0 Å². The van der Waals surface area contributed by atoms with Gasteiger partial charge in [0.2, 0.25) is 0 Å². The predicted molar refractivity (Wildman–Crippen MR) is 96.1 cm³/mol. The molecule has 150 valence electrons. The number of anilines is 1. The highest BCUT2D eigenvalue weighted by Crippen LogP contribution is 2.29. The number of hydrogen-bond acceptors (Lipinski definition) is 5. The molecule has 10 heteroatoms. The van der Waals surface area contributed by atoms with Crippen LogP contribution in [0.2, 0.25) is 0 Å². The van der Waals surface area contributed by atoms with E-state index in [-0.39, 0.29) is 29.0 Å². The molecule has 0 aliphatic carbocycles. The van der Waals surface area contributed by atoms with Gasteiger partial charge in [-0.1, -0.05) is 12.1 Å². The summed E-state index contributed by atoms with van der Waals surface area (Å²) in [5.41, 5.74) is -0.591. The second-order valence-electron chi connectivity index (χ2n) is 5.79. The molecular weight excluding hydrogens is 379 g/mol. The van der Waals surface area contributed by atoms with Gasteiger partial charge in [-0.15, -0.1) is 0 Å². The molecule has 0 spiro atoms. The number of ether oxygens (including phenoxy) is 1. The van der Waals surface area contributed by atoms with Crippen LogP contribution in [0.5, 0.6) is 0 Å². The van der Waals surface area contributed by atoms with Gasteiger partial charge >= 0.3 is 6.18 Å². The molecule has 0 radical (unpaired) electrons. The molecule has 0 heterocycles. The van der Waals surface area contributed by atoms with E-state index >= 15 is 0 Å². The smallest absolute Gasteiger partial charge is 0.383 e. The minimum Gasteiger partial charge on any atom is -0.383 e. The van der Waals surface area contributed by atoms with Crippen LogP contribution in [0.15, 0.2) is 42.5 Å². The Labute approximate surface area is 158 Å². The zero-order valence-electron chi connectivity index (χ0n) is 14.9. The van der Waals surface area contributed by atoms with Crippen molar-refractivity contribution in [3.05, 3.63) is 69.3 Å². The highest BCUT2D eigenvalue weighted by atomic mass is 19.4. The Kier molecular flexibility index (Phi) is 6.94. The van der Waals surface area contributed by atoms with Crippen molar-refractivity contribution < 1.29 is 27.6 Å². The van der Waals surface area contributed by atoms with Crippen LogP contribution in [0.25, 0.3) is 0 Å². The number of nitro benzene ring substituents is 1. The van der Waals surface area contributed by atoms with Gasteiger partial charge in [0.25, 0.3) is 11.6 Å². The number of nitrogens with one attached hydrogen (secondary N) is 2. The topological polar surface area (TPSA) is 93.5 Å². The Morgan fingerprint density at radius 3 is 2.61 bits per heavy atom. The molecule has 0 unspecified atom stereocenters. The van der Waals surface area contributed by atoms with Gasteiger partial charge in [-0.25, -0.2) is 0 Å². The average molecular weight is 397 g/mol. The van der Waals surface area contributed by atoms with Crippen LogP contribution >= 0.6 is 0 Å². The fourth-order valence-electron chi connectivity index (χ4n) is 2.40. The van der Waals surface area contributed by atoms with Crippen LogP contribution in [-0.2, 0) is 17.5 Å². The molecule has 2 rings (SSSR count). The van der Waals surface area contributed by atoms with E-state index in [0.29, 0.717) is 13.2 Å². The lowest BCUT2D eigenvalue weighted by molar-refractivity contribution is -0.384. The number of rotatable bonds is 8. The maximum atomic E-state index is 12.7. The summed E-state index contributed by atoms with van der Waals surface area (Å²) < 4.78 is 43.1. The third kappa shape index (κ3) is 5.68. The normalized spacial score (nSPS) is 11.1. The molecule has 0 saturated carbocycles. The first-order valence-corrected chi connectivity index (χ1v) is 8.18. The molecule has 0 saturated heterocycles. The van der Waals surface area contributed by atoms with Crippen molar-refractivity contribution in [2.45, 2.75) is 12.7 Å². The van der Waals surface area contributed by atoms with Crippen molar-refractivity contribution in [3.8, 4) is 0 Å². The summed E-state index contributed by atoms with van der Waals surface area (Å²) in [5, 5.41) is 16.5. The SMILES string of the molecule is COCCNc1ccc(C(=O)NCc2cccc(C(F)(F)F)c2)cc1[N+](=O)[O-]. The molecule has 28 heavy (non-hydrogen) atoms. The molecule has 2 N–H and O–H groups in total. The number of nitro groups is 1. The highest BCUT2D eigenvalue weighted by Gasteiger charge is 2.30. The molecular formula is C18H18F3N3O4. The van der Waals surface area contributed by atoms with E-state index in [4.69, 9.17) is 4.74 Å². The molecule has 1 amide bonds. The zero-order chi connectivity index (χ0) is 20.7. The Balaban J connectivity index is 2.10. The quantitative estimate of drug-likeness (QED) is 0.403. The number of methoxy groups -OCH3 is 1. The van der Waals surface area contributed by atoms with Gasteiger partial charge in [0.15, 0.2) is 0 Å². The first-order chi connectivity index (χ1) is 13.2. The summed E-state index contributed by atoms with van der Waals surface area (Å²) in [7, 11) is 1.49. The Morgan fingerprint density at radius 1 is 1.21 bits per heavy atom. The first-order valence-electron chi connectivity index (χ1n) is 8.18. The second-order valence-corrected chi connectivity index (χ2v) is 5.79. The third-order valence-corrected chi connectivity index (χ3v) is 3.79. The summed E-state index contributed by atoms with van der Waals surface area (Å²) in [6.45, 7) is 0.541. The van der Waals surface area contributed by atoms with Gasteiger partial charge in [0.05, 0.1) is 17.1 Å². The van der Waals surface area contributed by atoms with Crippen molar-refractivity contribution >= 4 is 17.3 Å². The van der Waals surface area contributed by atoms with Crippen LogP contribution in [-0.4, -0.2) is 31.1 Å². The zero-order valence-corrected chi connectivity index (χ0v) is 14.9. The van der Waals surface area contributed by atoms with Gasteiger partial charge < -0.3 is 15.4 Å². The molecule has 0 atom stereocenters. The van der Waals surface area contributed by atoms with Crippen LogP contribution in [0.3, 0.4) is 0 Å². The molecule has 0 bridgehead atoms. The van der Waals surface area contributed by atoms with Crippen molar-refractivity contribution in [2.24, 2.45) is 0 Å². The van der Waals surface area contributed by atoms with Gasteiger partial charge in [0.1, 0.15) is 5.69 Å². The Morgan fingerprint density at radius 2 is 1.96 bits per heavy atom. The number of hydrogen-bond donors (Lipinski definition) is 2. The van der Waals surface area contributed by atoms with Crippen molar-refractivity contribution in [2.75, 3.05) is 25.6 Å². The highest BCUT2D eigenvalue weighted by molar-refractivity contribution is 5.95. The van der Waals surface area contributed by atoms with Gasteiger partial charge in [0, 0.05) is 31.8 Å². The lowest BCUT2D eigenvalue weighted by atomic mass is 10.1. The summed E-state index contributed by atoms with van der Waals surface area (Å²) in [4.78, 5) is 22.9. The molecule has 2 aromatic rings.